The number of benzene rings is 2. The summed E-state index contributed by atoms with van der Waals surface area (Å²) in [6.45, 7) is 3.67. The van der Waals surface area contributed by atoms with E-state index in [0.29, 0.717) is 33.9 Å². The monoisotopic (exact) mass is 434 g/mol. The molecule has 1 aromatic heterocycles. The molecule has 0 fully saturated rings. The molecule has 0 aliphatic rings. The third kappa shape index (κ3) is 4.61. The first-order valence-corrected chi connectivity index (χ1v) is 9.81. The zero-order chi connectivity index (χ0) is 22.5. The van der Waals surface area contributed by atoms with Crippen LogP contribution >= 0.6 is 11.6 Å². The molecule has 156 valence electrons. The molecule has 9 heteroatoms. The number of nitrogens with zero attached hydrogens (tertiary/aromatic N) is 4. The Morgan fingerprint density at radius 3 is 2.71 bits per heavy atom. The van der Waals surface area contributed by atoms with Crippen molar-refractivity contribution in [3.8, 4) is 23.6 Å². The molecule has 3 aromatic rings. The second-order valence-corrected chi connectivity index (χ2v) is 7.13. The van der Waals surface area contributed by atoms with E-state index in [4.69, 9.17) is 11.6 Å². The van der Waals surface area contributed by atoms with Crippen LogP contribution in [0.25, 0.3) is 5.69 Å². The molecule has 0 unspecified atom stereocenters. The molecular weight excluding hydrogens is 416 g/mol. The zero-order valence-corrected chi connectivity index (χ0v) is 17.7. The molecule has 0 saturated heterocycles. The van der Waals surface area contributed by atoms with Gasteiger partial charge >= 0.3 is 0 Å². The third-order valence-corrected chi connectivity index (χ3v) is 4.86. The van der Waals surface area contributed by atoms with Gasteiger partial charge in [0, 0.05) is 13.0 Å². The summed E-state index contributed by atoms with van der Waals surface area (Å²) in [4.78, 5) is 11.7. The van der Waals surface area contributed by atoms with Crippen molar-refractivity contribution in [3.63, 3.8) is 0 Å². The summed E-state index contributed by atoms with van der Waals surface area (Å²) in [5, 5.41) is 39.3. The van der Waals surface area contributed by atoms with Gasteiger partial charge in [0.05, 0.1) is 33.7 Å². The second kappa shape index (κ2) is 9.21. The van der Waals surface area contributed by atoms with Crippen LogP contribution in [0, 0.1) is 29.6 Å². The summed E-state index contributed by atoms with van der Waals surface area (Å²) in [6.07, 6.45) is 0.255. The highest BCUT2D eigenvalue weighted by Crippen LogP contribution is 2.34. The Balaban J connectivity index is 1.96. The fraction of sp³-hybridized carbons (Fsp3) is 0.182. The summed E-state index contributed by atoms with van der Waals surface area (Å²) < 4.78 is 1.57. The predicted octanol–water partition coefficient (Wildman–Crippen LogP) is 4.24. The lowest BCUT2D eigenvalue weighted by Gasteiger charge is -2.13. The Morgan fingerprint density at radius 2 is 2.03 bits per heavy atom. The molecule has 8 nitrogen and oxygen atoms in total. The maximum absolute atomic E-state index is 11.7. The van der Waals surface area contributed by atoms with Gasteiger partial charge in [-0.15, -0.1) is 0 Å². The summed E-state index contributed by atoms with van der Waals surface area (Å²) in [5.41, 5.74) is 2.89. The minimum atomic E-state index is -0.255. The number of nitriles is 2. The highest BCUT2D eigenvalue weighted by atomic mass is 35.5. The number of nitrogens with one attached hydrogen (secondary N) is 2. The molecule has 3 N–H and O–H groups in total. The molecular formula is C22H19ClN6O2. The number of carbonyl (C=O) groups is 1. The van der Waals surface area contributed by atoms with Crippen LogP contribution in [-0.4, -0.2) is 20.8 Å². The Labute approximate surface area is 184 Å². The number of aromatic nitrogens is 2. The van der Waals surface area contributed by atoms with E-state index in [9.17, 15) is 20.4 Å². The predicted molar refractivity (Wildman–Crippen MR) is 117 cm³/mol. The van der Waals surface area contributed by atoms with Crippen LogP contribution in [-0.2, 0) is 11.3 Å². The molecule has 0 radical (unpaired) electrons. The topological polar surface area (TPSA) is 127 Å². The van der Waals surface area contributed by atoms with Gasteiger partial charge < -0.3 is 15.7 Å². The maximum atomic E-state index is 11.7. The number of hydrogen-bond acceptors (Lipinski definition) is 6. The van der Waals surface area contributed by atoms with Crippen molar-refractivity contribution in [2.75, 3.05) is 10.6 Å². The number of hydrogen-bond donors (Lipinski definition) is 3. The molecule has 0 saturated carbocycles. The average Bonchev–Trinajstić information content (AvgIpc) is 3.10. The minimum absolute atomic E-state index is 0.0950. The average molecular weight is 435 g/mol. The largest absolute Gasteiger partial charge is 0.504 e. The quantitative estimate of drug-likeness (QED) is 0.498. The number of amides is 1. The van der Waals surface area contributed by atoms with Gasteiger partial charge in [0.15, 0.2) is 5.75 Å². The van der Waals surface area contributed by atoms with E-state index >= 15 is 0 Å². The van der Waals surface area contributed by atoms with Crippen molar-refractivity contribution in [2.24, 2.45) is 0 Å². The number of aromatic hydroxyl groups is 1. The van der Waals surface area contributed by atoms with Crippen molar-refractivity contribution in [3.05, 3.63) is 63.8 Å². The normalized spacial score (nSPS) is 10.2. The second-order valence-electron chi connectivity index (χ2n) is 6.72. The van der Waals surface area contributed by atoms with Crippen LogP contribution in [0.5, 0.6) is 5.75 Å². The molecule has 2 aromatic carbocycles. The van der Waals surface area contributed by atoms with Gasteiger partial charge in [-0.1, -0.05) is 24.6 Å². The Bertz CT molecular complexity index is 1240. The lowest BCUT2D eigenvalue weighted by atomic mass is 10.1. The van der Waals surface area contributed by atoms with E-state index in [1.807, 2.05) is 0 Å². The molecule has 1 amide bonds. The van der Waals surface area contributed by atoms with Gasteiger partial charge in [-0.25, -0.2) is 4.68 Å². The van der Waals surface area contributed by atoms with E-state index in [1.54, 1.807) is 54.9 Å². The van der Waals surface area contributed by atoms with E-state index in [1.165, 1.54) is 0 Å². The Kier molecular flexibility index (Phi) is 6.44. The lowest BCUT2D eigenvalue weighted by molar-refractivity contribution is -0.115. The molecule has 0 aliphatic carbocycles. The minimum Gasteiger partial charge on any atom is -0.504 e. The first kappa shape index (κ1) is 21.7. The number of anilines is 2. The highest BCUT2D eigenvalue weighted by Gasteiger charge is 2.17. The van der Waals surface area contributed by atoms with Gasteiger partial charge in [-0.05, 0) is 42.8 Å². The number of aryl methyl sites for hydroxylation is 1. The number of phenols is 1. The van der Waals surface area contributed by atoms with Crippen molar-refractivity contribution in [1.29, 1.82) is 10.5 Å². The van der Waals surface area contributed by atoms with Crippen LogP contribution in [0.3, 0.4) is 0 Å². The van der Waals surface area contributed by atoms with Crippen LogP contribution in [0.2, 0.25) is 5.02 Å². The maximum Gasteiger partial charge on any atom is 0.224 e. The molecule has 0 bridgehead atoms. The fourth-order valence-corrected chi connectivity index (χ4v) is 3.24. The Morgan fingerprint density at radius 1 is 1.26 bits per heavy atom. The van der Waals surface area contributed by atoms with Crippen LogP contribution in [0.4, 0.5) is 11.5 Å². The Hall–Kier alpha value is -4.01. The standard InChI is InChI=1S/C22H19ClN6O2/c1-3-20(30)27-19-9-15(8-18(23)21(19)31)12-26-22-17(11-25)13(2)28-29(22)16-6-4-5-14(7-16)10-24/h4-9,26,31H,3,12H2,1-2H3,(H,27,30). The third-order valence-electron chi connectivity index (χ3n) is 4.57. The number of phenolic OH excluding ortho intramolecular Hbond substituents is 1. The molecule has 31 heavy (non-hydrogen) atoms. The van der Waals surface area contributed by atoms with Gasteiger partial charge in [-0.2, -0.15) is 15.6 Å². The lowest BCUT2D eigenvalue weighted by Crippen LogP contribution is -2.11. The van der Waals surface area contributed by atoms with Gasteiger partial charge in [0.25, 0.3) is 0 Å². The van der Waals surface area contributed by atoms with Crippen molar-refractivity contribution < 1.29 is 9.90 Å². The number of carbonyl (C=O) groups excluding carboxylic acids is 1. The van der Waals surface area contributed by atoms with Crippen LogP contribution in [0.1, 0.15) is 35.7 Å². The molecule has 0 aliphatic heterocycles. The van der Waals surface area contributed by atoms with Gasteiger partial charge in [0.1, 0.15) is 17.5 Å². The highest BCUT2D eigenvalue weighted by molar-refractivity contribution is 6.32. The summed E-state index contributed by atoms with van der Waals surface area (Å²) in [7, 11) is 0. The van der Waals surface area contributed by atoms with Crippen LogP contribution in [0.15, 0.2) is 36.4 Å². The van der Waals surface area contributed by atoms with Crippen molar-refractivity contribution in [2.45, 2.75) is 26.8 Å². The van der Waals surface area contributed by atoms with E-state index in [-0.39, 0.29) is 35.3 Å². The zero-order valence-electron chi connectivity index (χ0n) is 16.9. The van der Waals surface area contributed by atoms with Crippen molar-refractivity contribution in [1.82, 2.24) is 9.78 Å². The number of halogens is 1. The first-order chi connectivity index (χ1) is 14.9. The van der Waals surface area contributed by atoms with Gasteiger partial charge in [-0.3, -0.25) is 4.79 Å². The summed E-state index contributed by atoms with van der Waals surface area (Å²) >= 11 is 6.12. The van der Waals surface area contributed by atoms with E-state index in [2.05, 4.69) is 27.9 Å². The van der Waals surface area contributed by atoms with Crippen molar-refractivity contribution >= 4 is 29.0 Å². The smallest absolute Gasteiger partial charge is 0.224 e. The van der Waals surface area contributed by atoms with E-state index in [0.717, 1.165) is 0 Å². The van der Waals surface area contributed by atoms with Gasteiger partial charge in [0.2, 0.25) is 5.91 Å². The summed E-state index contributed by atoms with van der Waals surface area (Å²) in [5.74, 6) is -0.00751. The summed E-state index contributed by atoms with van der Waals surface area (Å²) in [6, 6.07) is 14.3. The van der Waals surface area contributed by atoms with Crippen LogP contribution < -0.4 is 10.6 Å². The van der Waals surface area contributed by atoms with E-state index < -0.39 is 0 Å². The molecule has 3 rings (SSSR count). The molecule has 1 heterocycles. The fourth-order valence-electron chi connectivity index (χ4n) is 3.00. The SMILES string of the molecule is CCC(=O)Nc1cc(CNc2c(C#N)c(C)nn2-c2cccc(C#N)c2)cc(Cl)c1O. The molecule has 0 atom stereocenters. The molecule has 0 spiro atoms. The first-order valence-electron chi connectivity index (χ1n) is 9.43. The number of rotatable bonds is 6.